The molecule has 1 heterocycles. The summed E-state index contributed by atoms with van der Waals surface area (Å²) in [5.74, 6) is 0.116. The third kappa shape index (κ3) is 6.34. The molecule has 1 fully saturated rings. The number of amides is 1. The predicted octanol–water partition coefficient (Wildman–Crippen LogP) is 0.400. The second-order valence-corrected chi connectivity index (χ2v) is 5.59. The van der Waals surface area contributed by atoms with Gasteiger partial charge in [0.1, 0.15) is 0 Å². The average molecular weight is 286 g/mol. The summed E-state index contributed by atoms with van der Waals surface area (Å²) in [6.07, 6.45) is 1.17. The van der Waals surface area contributed by atoms with Gasteiger partial charge in [0.25, 0.3) is 5.91 Å². The van der Waals surface area contributed by atoms with Crippen molar-refractivity contribution < 1.29 is 19.1 Å². The van der Waals surface area contributed by atoms with Gasteiger partial charge in [-0.25, -0.2) is 0 Å². The largest absolute Gasteiger partial charge is 0.456 e. The van der Waals surface area contributed by atoms with Gasteiger partial charge in [-0.1, -0.05) is 13.8 Å². The van der Waals surface area contributed by atoms with Crippen LogP contribution >= 0.6 is 0 Å². The highest BCUT2D eigenvalue weighted by Crippen LogP contribution is 2.14. The van der Waals surface area contributed by atoms with Crippen LogP contribution in [0.1, 0.15) is 26.7 Å². The molecule has 0 aromatic rings. The summed E-state index contributed by atoms with van der Waals surface area (Å²) in [5, 5.41) is 0. The van der Waals surface area contributed by atoms with E-state index in [0.717, 1.165) is 6.42 Å². The van der Waals surface area contributed by atoms with Crippen molar-refractivity contribution in [3.05, 3.63) is 0 Å². The summed E-state index contributed by atoms with van der Waals surface area (Å²) in [4.78, 5) is 25.2. The highest BCUT2D eigenvalue weighted by atomic mass is 16.5. The van der Waals surface area contributed by atoms with E-state index in [4.69, 9.17) is 15.2 Å². The molecule has 0 unspecified atom stereocenters. The van der Waals surface area contributed by atoms with Gasteiger partial charge < -0.3 is 20.1 Å². The molecule has 2 N–H and O–H groups in total. The Labute approximate surface area is 120 Å². The van der Waals surface area contributed by atoms with E-state index in [-0.39, 0.29) is 30.8 Å². The molecule has 6 heteroatoms. The summed E-state index contributed by atoms with van der Waals surface area (Å²) in [7, 11) is 0. The van der Waals surface area contributed by atoms with Gasteiger partial charge in [-0.2, -0.15) is 0 Å². The van der Waals surface area contributed by atoms with Crippen LogP contribution in [-0.4, -0.2) is 56.2 Å². The molecule has 1 saturated heterocycles. The lowest BCUT2D eigenvalue weighted by molar-refractivity contribution is -0.154. The van der Waals surface area contributed by atoms with Crippen molar-refractivity contribution >= 4 is 11.9 Å². The van der Waals surface area contributed by atoms with E-state index in [1.807, 2.05) is 0 Å². The van der Waals surface area contributed by atoms with E-state index in [0.29, 0.717) is 38.8 Å². The van der Waals surface area contributed by atoms with E-state index in [1.54, 1.807) is 4.90 Å². The molecule has 1 aliphatic heterocycles. The minimum absolute atomic E-state index is 0.126. The van der Waals surface area contributed by atoms with Crippen LogP contribution in [-0.2, 0) is 19.1 Å². The number of ether oxygens (including phenoxy) is 2. The Morgan fingerprint density at radius 2 is 1.95 bits per heavy atom. The van der Waals surface area contributed by atoms with Gasteiger partial charge in [-0.15, -0.1) is 0 Å². The number of rotatable bonds is 7. The standard InChI is InChI=1S/C14H26N2O4/c1-11(2)7-12(9-15)8-14(18)20-10-13(17)16-3-5-19-6-4-16/h11-12H,3-10,15H2,1-2H3/t12-/m0/s1. The molecule has 1 rings (SSSR count). The van der Waals surface area contributed by atoms with Crippen molar-refractivity contribution in [3.63, 3.8) is 0 Å². The minimum Gasteiger partial charge on any atom is -0.456 e. The first-order chi connectivity index (χ1) is 9.52. The van der Waals surface area contributed by atoms with Crippen molar-refractivity contribution in [3.8, 4) is 0 Å². The van der Waals surface area contributed by atoms with E-state index in [1.165, 1.54) is 0 Å². The van der Waals surface area contributed by atoms with Crippen molar-refractivity contribution in [2.75, 3.05) is 39.5 Å². The molecule has 1 atom stereocenters. The second-order valence-electron chi connectivity index (χ2n) is 5.59. The zero-order valence-electron chi connectivity index (χ0n) is 12.5. The maximum atomic E-state index is 11.8. The molecule has 0 radical (unpaired) electrons. The number of esters is 1. The molecule has 1 amide bonds. The number of hydrogen-bond acceptors (Lipinski definition) is 5. The van der Waals surface area contributed by atoms with Crippen LogP contribution < -0.4 is 5.73 Å². The van der Waals surface area contributed by atoms with Gasteiger partial charge in [0.15, 0.2) is 6.61 Å². The molecule has 0 aliphatic carbocycles. The summed E-state index contributed by atoms with van der Waals surface area (Å²) < 4.78 is 10.2. The monoisotopic (exact) mass is 286 g/mol. The third-order valence-corrected chi connectivity index (χ3v) is 3.31. The first kappa shape index (κ1) is 16.9. The Morgan fingerprint density at radius 3 is 2.50 bits per heavy atom. The molecule has 6 nitrogen and oxygen atoms in total. The van der Waals surface area contributed by atoms with Crippen LogP contribution in [0.25, 0.3) is 0 Å². The van der Waals surface area contributed by atoms with Crippen molar-refractivity contribution in [1.29, 1.82) is 0 Å². The lowest BCUT2D eigenvalue weighted by Gasteiger charge is -2.26. The Bertz CT molecular complexity index is 314. The van der Waals surface area contributed by atoms with Gasteiger partial charge in [-0.3, -0.25) is 9.59 Å². The molecule has 20 heavy (non-hydrogen) atoms. The van der Waals surface area contributed by atoms with Gasteiger partial charge >= 0.3 is 5.97 Å². The molecule has 0 saturated carbocycles. The fraction of sp³-hybridized carbons (Fsp3) is 0.857. The summed E-state index contributed by atoms with van der Waals surface area (Å²) in [6, 6.07) is 0. The number of morpholine rings is 1. The normalized spacial score (nSPS) is 17.1. The topological polar surface area (TPSA) is 81.9 Å². The molecule has 0 spiro atoms. The van der Waals surface area contributed by atoms with Crippen molar-refractivity contribution in [1.82, 2.24) is 4.90 Å². The van der Waals surface area contributed by atoms with Crippen molar-refractivity contribution in [2.45, 2.75) is 26.7 Å². The van der Waals surface area contributed by atoms with Gasteiger partial charge in [0, 0.05) is 19.5 Å². The highest BCUT2D eigenvalue weighted by Gasteiger charge is 2.20. The lowest BCUT2D eigenvalue weighted by atomic mass is 9.94. The molecule has 116 valence electrons. The molecular formula is C14H26N2O4. The number of nitrogens with two attached hydrogens (primary N) is 1. The maximum Gasteiger partial charge on any atom is 0.306 e. The summed E-state index contributed by atoms with van der Waals surface area (Å²) in [5.41, 5.74) is 5.65. The third-order valence-electron chi connectivity index (χ3n) is 3.31. The summed E-state index contributed by atoms with van der Waals surface area (Å²) >= 11 is 0. The first-order valence-corrected chi connectivity index (χ1v) is 7.24. The smallest absolute Gasteiger partial charge is 0.306 e. The zero-order valence-corrected chi connectivity index (χ0v) is 12.5. The fourth-order valence-corrected chi connectivity index (χ4v) is 2.27. The lowest BCUT2D eigenvalue weighted by Crippen LogP contribution is -2.42. The molecule has 0 bridgehead atoms. The highest BCUT2D eigenvalue weighted by molar-refractivity contribution is 5.80. The first-order valence-electron chi connectivity index (χ1n) is 7.24. The predicted molar refractivity (Wildman–Crippen MR) is 75.0 cm³/mol. The number of carbonyl (C=O) groups is 2. The van der Waals surface area contributed by atoms with Crippen LogP contribution in [0.4, 0.5) is 0 Å². The SMILES string of the molecule is CC(C)C[C@H](CN)CC(=O)OCC(=O)N1CCOCC1. The Hall–Kier alpha value is -1.14. The average Bonchev–Trinajstić information content (AvgIpc) is 2.44. The van der Waals surface area contributed by atoms with E-state index in [9.17, 15) is 9.59 Å². The fourth-order valence-electron chi connectivity index (χ4n) is 2.27. The number of hydrogen-bond donors (Lipinski definition) is 1. The molecule has 0 aromatic carbocycles. The van der Waals surface area contributed by atoms with Gasteiger partial charge in [0.05, 0.1) is 13.2 Å². The zero-order chi connectivity index (χ0) is 15.0. The minimum atomic E-state index is -0.345. The second kappa shape index (κ2) is 8.92. The maximum absolute atomic E-state index is 11.8. The van der Waals surface area contributed by atoms with E-state index >= 15 is 0 Å². The number of nitrogens with zero attached hydrogens (tertiary/aromatic N) is 1. The molecule has 0 aromatic heterocycles. The Kier molecular flexibility index (Phi) is 7.54. The number of carbonyl (C=O) groups excluding carboxylic acids is 2. The van der Waals surface area contributed by atoms with E-state index in [2.05, 4.69) is 13.8 Å². The van der Waals surface area contributed by atoms with E-state index < -0.39 is 0 Å². The van der Waals surface area contributed by atoms with Crippen LogP contribution in [0.5, 0.6) is 0 Å². The van der Waals surface area contributed by atoms with Gasteiger partial charge in [0.2, 0.25) is 0 Å². The Morgan fingerprint density at radius 1 is 1.30 bits per heavy atom. The van der Waals surface area contributed by atoms with Crippen LogP contribution in [0.15, 0.2) is 0 Å². The Balaban J connectivity index is 2.25. The molecule has 1 aliphatic rings. The van der Waals surface area contributed by atoms with Crippen molar-refractivity contribution in [2.24, 2.45) is 17.6 Å². The van der Waals surface area contributed by atoms with Crippen LogP contribution in [0, 0.1) is 11.8 Å². The van der Waals surface area contributed by atoms with Crippen LogP contribution in [0.3, 0.4) is 0 Å². The van der Waals surface area contributed by atoms with Gasteiger partial charge in [-0.05, 0) is 24.8 Å². The summed E-state index contributed by atoms with van der Waals surface area (Å²) in [6.45, 7) is 6.69. The van der Waals surface area contributed by atoms with Crippen LogP contribution in [0.2, 0.25) is 0 Å². The molecular weight excluding hydrogens is 260 g/mol. The quantitative estimate of drug-likeness (QED) is 0.685.